The van der Waals surface area contributed by atoms with E-state index in [0.29, 0.717) is 0 Å². The maximum atomic E-state index is 11.8. The topological polar surface area (TPSA) is 100 Å². The minimum Gasteiger partial charge on any atom is -0.391 e. The third-order valence-electron chi connectivity index (χ3n) is 4.23. The number of aliphatic hydroxyl groups excluding tert-OH is 2. The Morgan fingerprint density at radius 1 is 1.31 bits per heavy atom. The number of rotatable bonds is 7. The standard InChI is InChI=1S/C18H30N2O6/c1-9(2)24-11(5)15-16(25-10(3)4)14(22)18(26-15)20-7-13(8-21)17(23)19-12(20)6/h7,9-11,14-16,18,21-22H,6,8H2,1-5H3,(H,19,23)/t11?,14-,15+,16?,18+/m0/s1. The highest BCUT2D eigenvalue weighted by atomic mass is 16.6. The molecule has 2 unspecified atom stereocenters. The molecule has 2 aliphatic heterocycles. The maximum absolute atomic E-state index is 11.8. The van der Waals surface area contributed by atoms with Crippen molar-refractivity contribution < 1.29 is 29.2 Å². The molecule has 0 spiro atoms. The van der Waals surface area contributed by atoms with Gasteiger partial charge in [0.15, 0.2) is 6.23 Å². The Balaban J connectivity index is 2.27. The molecule has 2 rings (SSSR count). The summed E-state index contributed by atoms with van der Waals surface area (Å²) in [7, 11) is 0. The highest BCUT2D eigenvalue weighted by Gasteiger charge is 2.50. The van der Waals surface area contributed by atoms with E-state index in [4.69, 9.17) is 14.2 Å². The summed E-state index contributed by atoms with van der Waals surface area (Å²) in [6.07, 6.45) is -1.92. The minimum atomic E-state index is -0.997. The lowest BCUT2D eigenvalue weighted by molar-refractivity contribution is -0.135. The van der Waals surface area contributed by atoms with Crippen LogP contribution in [0.1, 0.15) is 34.6 Å². The van der Waals surface area contributed by atoms with Crippen LogP contribution in [0.25, 0.3) is 0 Å². The molecular weight excluding hydrogens is 340 g/mol. The zero-order valence-corrected chi connectivity index (χ0v) is 16.0. The highest BCUT2D eigenvalue weighted by Crippen LogP contribution is 2.33. The molecule has 0 bridgehead atoms. The van der Waals surface area contributed by atoms with Crippen LogP contribution < -0.4 is 5.32 Å². The van der Waals surface area contributed by atoms with Crippen molar-refractivity contribution in [2.75, 3.05) is 6.61 Å². The molecule has 0 aromatic rings. The number of ether oxygens (including phenoxy) is 3. The van der Waals surface area contributed by atoms with E-state index in [-0.39, 0.29) is 29.7 Å². The predicted molar refractivity (Wildman–Crippen MR) is 94.7 cm³/mol. The van der Waals surface area contributed by atoms with Gasteiger partial charge in [-0.15, -0.1) is 0 Å². The molecule has 8 nitrogen and oxygen atoms in total. The van der Waals surface area contributed by atoms with Crippen LogP contribution in [-0.4, -0.2) is 70.5 Å². The number of aliphatic hydroxyl groups is 2. The van der Waals surface area contributed by atoms with E-state index in [9.17, 15) is 15.0 Å². The van der Waals surface area contributed by atoms with Gasteiger partial charge in [0.1, 0.15) is 24.1 Å². The second kappa shape index (κ2) is 8.49. The molecule has 1 saturated heterocycles. The van der Waals surface area contributed by atoms with E-state index >= 15 is 0 Å². The van der Waals surface area contributed by atoms with Gasteiger partial charge in [-0.3, -0.25) is 4.79 Å². The highest BCUT2D eigenvalue weighted by molar-refractivity contribution is 5.95. The first-order chi connectivity index (χ1) is 12.1. The molecule has 1 amide bonds. The van der Waals surface area contributed by atoms with Crippen LogP contribution in [0.4, 0.5) is 0 Å². The van der Waals surface area contributed by atoms with E-state index in [1.54, 1.807) is 0 Å². The fourth-order valence-corrected chi connectivity index (χ4v) is 3.18. The predicted octanol–water partition coefficient (Wildman–Crippen LogP) is 0.458. The number of amides is 1. The number of nitrogens with one attached hydrogen (secondary N) is 1. The van der Waals surface area contributed by atoms with Crippen LogP contribution in [0.15, 0.2) is 24.2 Å². The molecule has 0 radical (unpaired) electrons. The van der Waals surface area contributed by atoms with Gasteiger partial charge in [-0.1, -0.05) is 6.58 Å². The first-order valence-electron chi connectivity index (χ1n) is 8.90. The lowest BCUT2D eigenvalue weighted by atomic mass is 10.0. The van der Waals surface area contributed by atoms with Crippen molar-refractivity contribution in [3.05, 3.63) is 24.2 Å². The Morgan fingerprint density at radius 3 is 2.50 bits per heavy atom. The first-order valence-corrected chi connectivity index (χ1v) is 8.90. The summed E-state index contributed by atoms with van der Waals surface area (Å²) >= 11 is 0. The van der Waals surface area contributed by atoms with E-state index < -0.39 is 37.1 Å². The number of carbonyl (C=O) groups excluding carboxylic acids is 1. The average Bonchev–Trinajstić information content (AvgIpc) is 2.84. The zero-order valence-electron chi connectivity index (χ0n) is 16.0. The Kier molecular flexibility index (Phi) is 6.81. The molecule has 2 heterocycles. The lowest BCUT2D eigenvalue weighted by Gasteiger charge is -2.34. The largest absolute Gasteiger partial charge is 0.391 e. The van der Waals surface area contributed by atoms with Gasteiger partial charge in [-0.2, -0.15) is 0 Å². The van der Waals surface area contributed by atoms with E-state index in [1.165, 1.54) is 11.1 Å². The van der Waals surface area contributed by atoms with Crippen LogP contribution in [0.2, 0.25) is 0 Å². The molecule has 0 saturated carbocycles. The molecule has 26 heavy (non-hydrogen) atoms. The summed E-state index contributed by atoms with van der Waals surface area (Å²) in [5.74, 6) is -0.165. The van der Waals surface area contributed by atoms with Crippen LogP contribution in [0, 0.1) is 0 Å². The molecule has 0 aromatic carbocycles. The number of carbonyl (C=O) groups is 1. The molecule has 0 aliphatic carbocycles. The molecule has 1 fully saturated rings. The fourth-order valence-electron chi connectivity index (χ4n) is 3.18. The van der Waals surface area contributed by atoms with Crippen LogP contribution in [0.5, 0.6) is 0 Å². The monoisotopic (exact) mass is 370 g/mol. The number of hydrogen-bond acceptors (Lipinski definition) is 7. The van der Waals surface area contributed by atoms with Crippen LogP contribution >= 0.6 is 0 Å². The number of hydrogen-bond donors (Lipinski definition) is 3. The van der Waals surface area contributed by atoms with Crippen molar-refractivity contribution in [3.8, 4) is 0 Å². The zero-order chi connectivity index (χ0) is 19.6. The summed E-state index contributed by atoms with van der Waals surface area (Å²) < 4.78 is 17.8. The fraction of sp³-hybridized carbons (Fsp3) is 0.722. The molecule has 0 aromatic heterocycles. The van der Waals surface area contributed by atoms with Gasteiger partial charge in [0.25, 0.3) is 5.91 Å². The minimum absolute atomic E-state index is 0.00498. The smallest absolute Gasteiger partial charge is 0.256 e. The van der Waals surface area contributed by atoms with Crippen LogP contribution in [-0.2, 0) is 19.0 Å². The summed E-state index contributed by atoms with van der Waals surface area (Å²) in [4.78, 5) is 13.3. The molecule has 2 aliphatic rings. The van der Waals surface area contributed by atoms with E-state index in [0.717, 1.165) is 0 Å². The molecule has 148 valence electrons. The quantitative estimate of drug-likeness (QED) is 0.598. The van der Waals surface area contributed by atoms with Gasteiger partial charge in [0, 0.05) is 6.20 Å². The van der Waals surface area contributed by atoms with Crippen molar-refractivity contribution in [2.45, 2.75) is 77.5 Å². The van der Waals surface area contributed by atoms with Crippen molar-refractivity contribution in [1.29, 1.82) is 0 Å². The molecular formula is C18H30N2O6. The molecule has 5 atom stereocenters. The average molecular weight is 370 g/mol. The van der Waals surface area contributed by atoms with Gasteiger partial charge < -0.3 is 34.6 Å². The van der Waals surface area contributed by atoms with Crippen molar-refractivity contribution in [3.63, 3.8) is 0 Å². The van der Waals surface area contributed by atoms with Crippen molar-refractivity contribution in [1.82, 2.24) is 10.2 Å². The first kappa shape index (κ1) is 20.9. The van der Waals surface area contributed by atoms with Gasteiger partial charge in [0.05, 0.1) is 30.5 Å². The van der Waals surface area contributed by atoms with Gasteiger partial charge in [-0.05, 0) is 34.6 Å². The Hall–Kier alpha value is -1.45. The van der Waals surface area contributed by atoms with Crippen LogP contribution in [0.3, 0.4) is 0 Å². The maximum Gasteiger partial charge on any atom is 0.256 e. The molecule has 3 N–H and O–H groups in total. The summed E-state index contributed by atoms with van der Waals surface area (Å²) in [6.45, 7) is 12.9. The third-order valence-corrected chi connectivity index (χ3v) is 4.23. The van der Waals surface area contributed by atoms with E-state index in [2.05, 4.69) is 11.9 Å². The van der Waals surface area contributed by atoms with Gasteiger partial charge in [-0.25, -0.2) is 0 Å². The Morgan fingerprint density at radius 2 is 1.96 bits per heavy atom. The second-order valence-corrected chi connectivity index (χ2v) is 7.14. The summed E-state index contributed by atoms with van der Waals surface area (Å²) in [5, 5.41) is 22.8. The Bertz CT molecular complexity index is 562. The molecule has 8 heteroatoms. The van der Waals surface area contributed by atoms with Crippen molar-refractivity contribution in [2.24, 2.45) is 0 Å². The van der Waals surface area contributed by atoms with E-state index in [1.807, 2.05) is 34.6 Å². The third kappa shape index (κ3) is 4.44. The summed E-state index contributed by atoms with van der Waals surface area (Å²) in [6, 6.07) is 0. The SMILES string of the molecule is C=C1NC(=O)C(CO)=CN1[C@@H]1O[C@H](C(C)OC(C)C)C(OC(C)C)[C@@H]1O. The van der Waals surface area contributed by atoms with Gasteiger partial charge in [0.2, 0.25) is 0 Å². The Labute approximate surface area is 154 Å². The number of nitrogens with zero attached hydrogens (tertiary/aromatic N) is 1. The summed E-state index contributed by atoms with van der Waals surface area (Å²) in [5.41, 5.74) is 0.157. The normalized spacial score (nSPS) is 30.8. The van der Waals surface area contributed by atoms with Gasteiger partial charge >= 0.3 is 0 Å². The lowest BCUT2D eigenvalue weighted by Crippen LogP contribution is -2.48. The van der Waals surface area contributed by atoms with Crippen molar-refractivity contribution >= 4 is 5.91 Å². The second-order valence-electron chi connectivity index (χ2n) is 7.14.